The van der Waals surface area contributed by atoms with Gasteiger partial charge in [0.25, 0.3) is 0 Å². The van der Waals surface area contributed by atoms with Gasteiger partial charge in [0.2, 0.25) is 0 Å². The van der Waals surface area contributed by atoms with Crippen LogP contribution in [0.25, 0.3) is 0 Å². The zero-order valence-electron chi connectivity index (χ0n) is 12.3. The van der Waals surface area contributed by atoms with Crippen LogP contribution >= 0.6 is 0 Å². The summed E-state index contributed by atoms with van der Waals surface area (Å²) >= 11 is 0. The molecule has 0 N–H and O–H groups in total. The molecule has 0 fully saturated rings. The maximum Gasteiger partial charge on any atom is 0.119 e. The Kier molecular flexibility index (Phi) is 5.71. The predicted molar refractivity (Wildman–Crippen MR) is 78.9 cm³/mol. The molecule has 106 valence electrons. The first kappa shape index (κ1) is 14.4. The van der Waals surface area contributed by atoms with E-state index in [4.69, 9.17) is 9.47 Å². The highest BCUT2D eigenvalue weighted by Gasteiger charge is 2.15. The first-order chi connectivity index (χ1) is 9.33. The normalized spacial score (nSPS) is 19.4. The van der Waals surface area contributed by atoms with E-state index in [0.717, 1.165) is 18.3 Å². The van der Waals surface area contributed by atoms with Crippen molar-refractivity contribution in [3.8, 4) is 5.75 Å². The summed E-state index contributed by atoms with van der Waals surface area (Å²) in [7, 11) is 3.54. The molecule has 0 amide bonds. The van der Waals surface area contributed by atoms with Crippen molar-refractivity contribution >= 4 is 0 Å². The standard InChI is InChI=1S/C17H26O2/c1-18-12-4-6-14-5-3-7-15-10-11-17(19-2)13-16(15)9-8-14/h10-11,13-14H,3-9,12H2,1-2H3. The third kappa shape index (κ3) is 4.24. The SMILES string of the molecule is COCCCC1CCCc2ccc(OC)cc2CC1. The second-order valence-corrected chi connectivity index (χ2v) is 5.57. The van der Waals surface area contributed by atoms with Crippen molar-refractivity contribution in [1.82, 2.24) is 0 Å². The van der Waals surface area contributed by atoms with Crippen molar-refractivity contribution in [1.29, 1.82) is 0 Å². The number of methoxy groups -OCH3 is 2. The Bertz CT molecular complexity index is 387. The highest BCUT2D eigenvalue weighted by atomic mass is 16.5. The van der Waals surface area contributed by atoms with Gasteiger partial charge in [-0.1, -0.05) is 12.5 Å². The number of ether oxygens (including phenoxy) is 2. The maximum absolute atomic E-state index is 5.34. The summed E-state index contributed by atoms with van der Waals surface area (Å²) in [5, 5.41) is 0. The summed E-state index contributed by atoms with van der Waals surface area (Å²) in [5.41, 5.74) is 3.02. The highest BCUT2D eigenvalue weighted by Crippen LogP contribution is 2.28. The Morgan fingerprint density at radius 2 is 2.00 bits per heavy atom. The van der Waals surface area contributed by atoms with Crippen LogP contribution in [0.2, 0.25) is 0 Å². The van der Waals surface area contributed by atoms with Gasteiger partial charge >= 0.3 is 0 Å². The zero-order valence-corrected chi connectivity index (χ0v) is 12.3. The van der Waals surface area contributed by atoms with Gasteiger partial charge in [0.1, 0.15) is 5.75 Å². The van der Waals surface area contributed by atoms with Gasteiger partial charge in [0.15, 0.2) is 0 Å². The van der Waals surface area contributed by atoms with Gasteiger partial charge in [0, 0.05) is 13.7 Å². The summed E-state index contributed by atoms with van der Waals surface area (Å²) in [4.78, 5) is 0. The average molecular weight is 262 g/mol. The Labute approximate surface area is 117 Å². The van der Waals surface area contributed by atoms with Crippen LogP contribution < -0.4 is 4.74 Å². The molecule has 2 nitrogen and oxygen atoms in total. The minimum Gasteiger partial charge on any atom is -0.497 e. The van der Waals surface area contributed by atoms with E-state index in [1.165, 1.54) is 56.1 Å². The number of hydrogen-bond donors (Lipinski definition) is 0. The van der Waals surface area contributed by atoms with Crippen LogP contribution in [0.4, 0.5) is 0 Å². The number of aryl methyl sites for hydroxylation is 2. The molecule has 0 aliphatic heterocycles. The second kappa shape index (κ2) is 7.54. The molecule has 1 aromatic carbocycles. The van der Waals surface area contributed by atoms with E-state index in [9.17, 15) is 0 Å². The Hall–Kier alpha value is -1.02. The molecule has 1 unspecified atom stereocenters. The average Bonchev–Trinajstić information content (AvgIpc) is 2.42. The van der Waals surface area contributed by atoms with Crippen molar-refractivity contribution in [3.05, 3.63) is 29.3 Å². The third-order valence-corrected chi connectivity index (χ3v) is 4.25. The number of hydrogen-bond acceptors (Lipinski definition) is 2. The van der Waals surface area contributed by atoms with E-state index < -0.39 is 0 Å². The van der Waals surface area contributed by atoms with Crippen molar-refractivity contribution in [2.45, 2.75) is 44.9 Å². The molecule has 0 saturated carbocycles. The molecule has 2 heteroatoms. The second-order valence-electron chi connectivity index (χ2n) is 5.57. The largest absolute Gasteiger partial charge is 0.497 e. The molecule has 0 saturated heterocycles. The van der Waals surface area contributed by atoms with Gasteiger partial charge in [-0.15, -0.1) is 0 Å². The van der Waals surface area contributed by atoms with Crippen LogP contribution in [-0.4, -0.2) is 20.8 Å². The van der Waals surface area contributed by atoms with Crippen molar-refractivity contribution in [2.75, 3.05) is 20.8 Å². The van der Waals surface area contributed by atoms with Gasteiger partial charge in [-0.3, -0.25) is 0 Å². The first-order valence-electron chi connectivity index (χ1n) is 7.48. The van der Waals surface area contributed by atoms with E-state index in [0.29, 0.717) is 0 Å². The molecule has 19 heavy (non-hydrogen) atoms. The van der Waals surface area contributed by atoms with Crippen LogP contribution in [0.3, 0.4) is 0 Å². The van der Waals surface area contributed by atoms with Crippen LogP contribution in [0.5, 0.6) is 5.75 Å². The number of rotatable bonds is 5. The molecule has 1 atom stereocenters. The molecule has 0 bridgehead atoms. The summed E-state index contributed by atoms with van der Waals surface area (Å²) in [6.07, 6.45) is 8.93. The summed E-state index contributed by atoms with van der Waals surface area (Å²) in [6, 6.07) is 6.57. The topological polar surface area (TPSA) is 18.5 Å². The quantitative estimate of drug-likeness (QED) is 0.747. The molecular weight excluding hydrogens is 236 g/mol. The van der Waals surface area contributed by atoms with Crippen LogP contribution in [-0.2, 0) is 17.6 Å². The number of benzene rings is 1. The lowest BCUT2D eigenvalue weighted by molar-refractivity contribution is 0.184. The maximum atomic E-state index is 5.34. The lowest BCUT2D eigenvalue weighted by Gasteiger charge is -2.21. The van der Waals surface area contributed by atoms with E-state index >= 15 is 0 Å². The fourth-order valence-electron chi connectivity index (χ4n) is 3.10. The molecule has 1 aliphatic rings. The molecule has 0 radical (unpaired) electrons. The van der Waals surface area contributed by atoms with E-state index in [1.54, 1.807) is 14.2 Å². The van der Waals surface area contributed by atoms with Gasteiger partial charge in [-0.2, -0.15) is 0 Å². The molecular formula is C17H26O2. The summed E-state index contributed by atoms with van der Waals surface area (Å²) in [5.74, 6) is 1.87. The van der Waals surface area contributed by atoms with Crippen LogP contribution in [0, 0.1) is 5.92 Å². The predicted octanol–water partition coefficient (Wildman–Crippen LogP) is 4.01. The summed E-state index contributed by atoms with van der Waals surface area (Å²) in [6.45, 7) is 0.904. The van der Waals surface area contributed by atoms with Gasteiger partial charge < -0.3 is 9.47 Å². The van der Waals surface area contributed by atoms with Crippen molar-refractivity contribution < 1.29 is 9.47 Å². The molecule has 2 rings (SSSR count). The molecule has 1 aromatic rings. The highest BCUT2D eigenvalue weighted by molar-refractivity contribution is 5.36. The summed E-state index contributed by atoms with van der Waals surface area (Å²) < 4.78 is 10.5. The lowest BCUT2D eigenvalue weighted by atomic mass is 9.85. The first-order valence-corrected chi connectivity index (χ1v) is 7.48. The van der Waals surface area contributed by atoms with Crippen LogP contribution in [0.1, 0.15) is 43.2 Å². The number of fused-ring (bicyclic) bond motifs is 1. The van der Waals surface area contributed by atoms with Gasteiger partial charge in [-0.25, -0.2) is 0 Å². The minimum absolute atomic E-state index is 0.870. The lowest BCUT2D eigenvalue weighted by Crippen LogP contribution is -2.09. The molecule has 0 spiro atoms. The van der Waals surface area contributed by atoms with Crippen molar-refractivity contribution in [3.63, 3.8) is 0 Å². The zero-order chi connectivity index (χ0) is 13.5. The fourth-order valence-corrected chi connectivity index (χ4v) is 3.10. The smallest absolute Gasteiger partial charge is 0.119 e. The van der Waals surface area contributed by atoms with E-state index in [-0.39, 0.29) is 0 Å². The monoisotopic (exact) mass is 262 g/mol. The Morgan fingerprint density at radius 1 is 1.11 bits per heavy atom. The van der Waals surface area contributed by atoms with Crippen LogP contribution in [0.15, 0.2) is 18.2 Å². The molecule has 0 aromatic heterocycles. The fraction of sp³-hybridized carbons (Fsp3) is 0.647. The third-order valence-electron chi connectivity index (χ3n) is 4.25. The molecule has 1 aliphatic carbocycles. The Balaban J connectivity index is 1.95. The van der Waals surface area contributed by atoms with Gasteiger partial charge in [-0.05, 0) is 67.7 Å². The Morgan fingerprint density at radius 3 is 2.79 bits per heavy atom. The van der Waals surface area contributed by atoms with E-state index in [1.807, 2.05) is 0 Å². The van der Waals surface area contributed by atoms with Gasteiger partial charge in [0.05, 0.1) is 7.11 Å². The molecule has 0 heterocycles. The van der Waals surface area contributed by atoms with Crippen molar-refractivity contribution in [2.24, 2.45) is 5.92 Å². The van der Waals surface area contributed by atoms with E-state index in [2.05, 4.69) is 18.2 Å². The minimum atomic E-state index is 0.870.